The average Bonchev–Trinajstić information content (AvgIpc) is 3.99. The lowest BCUT2D eigenvalue weighted by Gasteiger charge is -2.41. The molecular formula is C49H54N7O7P. The molecule has 8 rings (SSSR count). The number of methoxy groups -OCH3 is 2. The molecule has 1 unspecified atom stereocenters. The molecular weight excluding hydrogens is 830 g/mol. The van der Waals surface area contributed by atoms with Crippen molar-refractivity contribution in [3.05, 3.63) is 144 Å². The summed E-state index contributed by atoms with van der Waals surface area (Å²) in [5.74, 6) is 1.45. The number of hydrogen-bond donors (Lipinski definition) is 1. The number of nitrogens with zero attached hydrogens (tertiary/aromatic N) is 6. The fourth-order valence-corrected chi connectivity index (χ4v) is 10.9. The first-order valence-electron chi connectivity index (χ1n) is 21.6. The predicted molar refractivity (Wildman–Crippen MR) is 244 cm³/mol. The second-order valence-corrected chi connectivity index (χ2v) is 17.9. The van der Waals surface area contributed by atoms with Crippen LogP contribution < -0.4 is 14.8 Å². The van der Waals surface area contributed by atoms with Gasteiger partial charge in [0.05, 0.1) is 51.9 Å². The number of nitrogens with one attached hydrogen (secondary N) is 1. The second kappa shape index (κ2) is 19.5. The van der Waals surface area contributed by atoms with E-state index < -0.39 is 32.1 Å². The minimum absolute atomic E-state index is 0.0734. The minimum Gasteiger partial charge on any atom is -0.497 e. The van der Waals surface area contributed by atoms with Crippen molar-refractivity contribution in [3.63, 3.8) is 0 Å². The van der Waals surface area contributed by atoms with Crippen molar-refractivity contribution in [1.29, 1.82) is 5.26 Å². The second-order valence-electron chi connectivity index (χ2n) is 16.5. The summed E-state index contributed by atoms with van der Waals surface area (Å²) in [6.45, 7) is 8.72. The molecule has 14 nitrogen and oxygen atoms in total. The number of amides is 1. The number of carbonyl (C=O) groups excluding carboxylic acids is 1. The van der Waals surface area contributed by atoms with Gasteiger partial charge in [-0.05, 0) is 80.8 Å². The molecule has 2 fully saturated rings. The zero-order chi connectivity index (χ0) is 44.8. The number of hydrogen-bond acceptors (Lipinski definition) is 12. The van der Waals surface area contributed by atoms with Crippen molar-refractivity contribution in [2.24, 2.45) is 0 Å². The highest BCUT2D eigenvalue weighted by Gasteiger charge is 2.60. The molecule has 64 heavy (non-hydrogen) atoms. The van der Waals surface area contributed by atoms with E-state index in [1.54, 1.807) is 32.7 Å². The quantitative estimate of drug-likeness (QED) is 0.0497. The number of nitriles is 1. The van der Waals surface area contributed by atoms with Crippen molar-refractivity contribution in [3.8, 4) is 17.6 Å². The Morgan fingerprint density at radius 2 is 1.48 bits per heavy atom. The van der Waals surface area contributed by atoms with E-state index in [9.17, 15) is 10.1 Å². The molecule has 0 radical (unpaired) electrons. The van der Waals surface area contributed by atoms with Crippen LogP contribution in [-0.4, -0.2) is 80.8 Å². The molecule has 3 heterocycles. The van der Waals surface area contributed by atoms with Gasteiger partial charge in [-0.3, -0.25) is 9.36 Å². The van der Waals surface area contributed by atoms with E-state index in [4.69, 9.17) is 33.0 Å². The summed E-state index contributed by atoms with van der Waals surface area (Å²) in [7, 11) is 1.62. The van der Waals surface area contributed by atoms with E-state index in [1.807, 2.05) is 65.2 Å². The number of anilines is 1. The van der Waals surface area contributed by atoms with Crippen molar-refractivity contribution >= 4 is 31.4 Å². The van der Waals surface area contributed by atoms with Gasteiger partial charge in [-0.2, -0.15) is 5.26 Å². The van der Waals surface area contributed by atoms with Crippen molar-refractivity contribution in [2.75, 3.05) is 26.1 Å². The summed E-state index contributed by atoms with van der Waals surface area (Å²) < 4.78 is 44.1. The number of fused-ring (bicyclic) bond motifs is 2. The van der Waals surface area contributed by atoms with E-state index in [0.717, 1.165) is 28.2 Å². The number of ether oxygens (including phenoxy) is 4. The van der Waals surface area contributed by atoms with Crippen LogP contribution in [0.4, 0.5) is 5.82 Å². The van der Waals surface area contributed by atoms with Gasteiger partial charge >= 0.3 is 0 Å². The van der Waals surface area contributed by atoms with Gasteiger partial charge in [0.25, 0.3) is 14.4 Å². The smallest absolute Gasteiger partial charge is 0.259 e. The number of aromatic nitrogens is 4. The lowest BCUT2D eigenvalue weighted by atomic mass is 9.79. The molecule has 2 aliphatic rings. The lowest BCUT2D eigenvalue weighted by molar-refractivity contribution is -0.0649. The lowest BCUT2D eigenvalue weighted by Crippen LogP contribution is -2.41. The molecule has 1 N–H and O–H groups in total. The first-order chi connectivity index (χ1) is 31.1. The van der Waals surface area contributed by atoms with Gasteiger partial charge in [0.2, 0.25) is 0 Å². The zero-order valence-electron chi connectivity index (χ0n) is 37.0. The SMILES string of the molecule is COc1ccc(C(O[C@H]2C[C@H]3O[C@@H](n4cnc5c(NC(=O)c6ccccc6)ncnc54)C[C@@]3(OP(OCCC#N)N(C(C)C)C(C)C)C2)(c2ccccc2)c2ccc(OC)cc2)cc1. The van der Waals surface area contributed by atoms with Gasteiger partial charge in [0.15, 0.2) is 17.0 Å². The van der Waals surface area contributed by atoms with Crippen molar-refractivity contribution in [2.45, 2.75) is 95.1 Å². The molecule has 4 aromatic carbocycles. The van der Waals surface area contributed by atoms with Crippen LogP contribution in [0.15, 0.2) is 122 Å². The van der Waals surface area contributed by atoms with E-state index in [0.29, 0.717) is 41.8 Å². The molecule has 15 heteroatoms. The molecule has 2 aromatic heterocycles. The molecule has 1 aliphatic carbocycles. The first kappa shape index (κ1) is 44.8. The Morgan fingerprint density at radius 1 is 0.875 bits per heavy atom. The van der Waals surface area contributed by atoms with E-state index >= 15 is 0 Å². The first-order valence-corrected chi connectivity index (χ1v) is 22.7. The Morgan fingerprint density at radius 3 is 2.08 bits per heavy atom. The summed E-state index contributed by atoms with van der Waals surface area (Å²) >= 11 is 0. The highest BCUT2D eigenvalue weighted by molar-refractivity contribution is 7.44. The molecule has 1 saturated carbocycles. The van der Waals surface area contributed by atoms with Crippen LogP contribution in [0.2, 0.25) is 0 Å². The third-order valence-corrected chi connectivity index (χ3v) is 14.1. The van der Waals surface area contributed by atoms with Crippen LogP contribution >= 0.6 is 8.53 Å². The van der Waals surface area contributed by atoms with Gasteiger partial charge in [0.1, 0.15) is 35.3 Å². The number of imidazole rings is 1. The van der Waals surface area contributed by atoms with Crippen LogP contribution in [0.3, 0.4) is 0 Å². The highest BCUT2D eigenvalue weighted by Crippen LogP contribution is 2.60. The van der Waals surface area contributed by atoms with Crippen LogP contribution in [0.1, 0.15) is 86.7 Å². The van der Waals surface area contributed by atoms with Crippen molar-refractivity contribution < 1.29 is 32.8 Å². The van der Waals surface area contributed by atoms with Crippen LogP contribution in [-0.2, 0) is 24.1 Å². The molecule has 1 amide bonds. The Hall–Kier alpha value is -5.78. The van der Waals surface area contributed by atoms with Gasteiger partial charge < -0.3 is 33.3 Å². The fraction of sp³-hybridized carbons (Fsp3) is 0.367. The van der Waals surface area contributed by atoms with Gasteiger partial charge in [-0.1, -0.05) is 72.8 Å². The van der Waals surface area contributed by atoms with E-state index in [-0.39, 0.29) is 37.1 Å². The molecule has 1 saturated heterocycles. The summed E-state index contributed by atoms with van der Waals surface area (Å²) in [5, 5.41) is 12.4. The molecule has 1 aliphatic heterocycles. The summed E-state index contributed by atoms with van der Waals surface area (Å²) in [5.41, 5.74) is 2.24. The van der Waals surface area contributed by atoms with Gasteiger partial charge in [-0.15, -0.1) is 0 Å². The van der Waals surface area contributed by atoms with Crippen LogP contribution in [0.25, 0.3) is 11.2 Å². The maximum atomic E-state index is 13.2. The highest BCUT2D eigenvalue weighted by atomic mass is 31.2. The monoisotopic (exact) mass is 883 g/mol. The predicted octanol–water partition coefficient (Wildman–Crippen LogP) is 9.59. The molecule has 0 bridgehead atoms. The Kier molecular flexibility index (Phi) is 13.7. The van der Waals surface area contributed by atoms with Gasteiger partial charge in [0, 0.05) is 36.9 Å². The maximum Gasteiger partial charge on any atom is 0.259 e. The van der Waals surface area contributed by atoms with Crippen LogP contribution in [0, 0.1) is 11.3 Å². The largest absolute Gasteiger partial charge is 0.497 e. The normalized spacial score (nSPS) is 20.1. The maximum absolute atomic E-state index is 13.2. The van der Waals surface area contributed by atoms with Crippen LogP contribution in [0.5, 0.6) is 11.5 Å². The Bertz CT molecular complexity index is 2480. The Labute approximate surface area is 375 Å². The molecule has 332 valence electrons. The van der Waals surface area contributed by atoms with E-state index in [1.165, 1.54) is 6.33 Å². The summed E-state index contributed by atoms with van der Waals surface area (Å²) in [6, 6.07) is 37.6. The number of carbonyl (C=O) groups is 1. The minimum atomic E-state index is -1.69. The Balaban J connectivity index is 1.19. The molecule has 0 spiro atoms. The average molecular weight is 884 g/mol. The molecule has 6 aromatic rings. The van der Waals surface area contributed by atoms with E-state index in [2.05, 4.69) is 90.1 Å². The number of benzene rings is 4. The zero-order valence-corrected chi connectivity index (χ0v) is 37.9. The standard InChI is InChI=1S/C49H54N7O7P/c1-33(2)56(34(3)4)64(60-27-13-26-50)63-48-29-41(62-49(36-16-11-8-12-17-36,37-18-22-39(58-5)23-19-37)38-20-24-40(59-6)25-21-38)28-42(48)61-43(30-48)55-32-53-44-45(51-31-52-46(44)55)54-47(57)35-14-9-7-10-15-35/h7-12,14-25,31-34,41-43H,13,27-30H2,1-6H3,(H,51,52,54,57)/t41-,42+,43+,48-,64?/m0/s1. The van der Waals surface area contributed by atoms with Crippen molar-refractivity contribution in [1.82, 2.24) is 24.2 Å². The fourth-order valence-electron chi connectivity index (χ4n) is 9.01. The third kappa shape index (κ3) is 8.97. The number of rotatable bonds is 18. The van der Waals surface area contributed by atoms with Gasteiger partial charge in [-0.25, -0.2) is 19.6 Å². The summed E-state index contributed by atoms with van der Waals surface area (Å²) in [6.07, 6.45) is 3.30. The molecule has 5 atom stereocenters. The summed E-state index contributed by atoms with van der Waals surface area (Å²) in [4.78, 5) is 26.9. The third-order valence-electron chi connectivity index (χ3n) is 11.9. The topological polar surface area (TPSA) is 155 Å².